The molecular formula is C21H22F3NO2S. The molecule has 0 aromatic heterocycles. The number of benzene rings is 2. The van der Waals surface area contributed by atoms with Crippen LogP contribution in [-0.2, 0) is 11.0 Å². The zero-order valence-corrected chi connectivity index (χ0v) is 16.3. The summed E-state index contributed by atoms with van der Waals surface area (Å²) in [6.45, 7) is 1.09. The molecule has 2 aromatic carbocycles. The molecule has 3 rings (SSSR count). The van der Waals surface area contributed by atoms with Crippen molar-refractivity contribution in [3.05, 3.63) is 65.2 Å². The molecular weight excluding hydrogens is 387 g/mol. The third-order valence-electron chi connectivity index (χ3n) is 5.15. The first-order chi connectivity index (χ1) is 13.3. The topological polar surface area (TPSA) is 40.5 Å². The SMILES string of the molecule is CSc1ccc(C(c2ccc(C(F)(F)F)cc2)N2CCCC(C(=O)O)C2)cc1. The third-order valence-corrected chi connectivity index (χ3v) is 5.90. The van der Waals surface area contributed by atoms with Crippen LogP contribution in [0.15, 0.2) is 53.4 Å². The fourth-order valence-electron chi connectivity index (χ4n) is 3.70. The lowest BCUT2D eigenvalue weighted by Gasteiger charge is -2.37. The number of likely N-dealkylation sites (tertiary alicyclic amines) is 1. The molecule has 1 N–H and O–H groups in total. The highest BCUT2D eigenvalue weighted by Crippen LogP contribution is 2.35. The molecule has 1 aliphatic rings. The Morgan fingerprint density at radius 1 is 1.11 bits per heavy atom. The van der Waals surface area contributed by atoms with E-state index in [4.69, 9.17) is 0 Å². The van der Waals surface area contributed by atoms with Gasteiger partial charge in [-0.05, 0) is 61.0 Å². The maximum absolute atomic E-state index is 12.9. The number of piperidine rings is 1. The van der Waals surface area contributed by atoms with Crippen molar-refractivity contribution in [3.8, 4) is 0 Å². The van der Waals surface area contributed by atoms with Crippen LogP contribution in [0.5, 0.6) is 0 Å². The number of rotatable bonds is 5. The van der Waals surface area contributed by atoms with Gasteiger partial charge in [-0.3, -0.25) is 9.69 Å². The highest BCUT2D eigenvalue weighted by Gasteiger charge is 2.33. The van der Waals surface area contributed by atoms with Crippen molar-refractivity contribution in [2.45, 2.75) is 30.0 Å². The molecule has 0 aliphatic carbocycles. The molecule has 0 bridgehead atoms. The minimum absolute atomic E-state index is 0.277. The van der Waals surface area contributed by atoms with E-state index >= 15 is 0 Å². The number of hydrogen-bond acceptors (Lipinski definition) is 3. The second kappa shape index (κ2) is 8.57. The van der Waals surface area contributed by atoms with Crippen LogP contribution in [0, 0.1) is 5.92 Å². The summed E-state index contributed by atoms with van der Waals surface area (Å²) in [5.41, 5.74) is 0.995. The molecule has 7 heteroatoms. The zero-order chi connectivity index (χ0) is 20.3. The van der Waals surface area contributed by atoms with Crippen LogP contribution in [-0.4, -0.2) is 35.3 Å². The van der Waals surface area contributed by atoms with E-state index < -0.39 is 23.6 Å². The number of carboxylic acids is 1. The van der Waals surface area contributed by atoms with Gasteiger partial charge in [0.25, 0.3) is 0 Å². The summed E-state index contributed by atoms with van der Waals surface area (Å²) in [6, 6.07) is 12.8. The number of aliphatic carboxylic acids is 1. The van der Waals surface area contributed by atoms with Gasteiger partial charge in [0.2, 0.25) is 0 Å². The first-order valence-corrected chi connectivity index (χ1v) is 10.3. The van der Waals surface area contributed by atoms with Gasteiger partial charge in [0.1, 0.15) is 0 Å². The lowest BCUT2D eigenvalue weighted by atomic mass is 9.91. The van der Waals surface area contributed by atoms with Gasteiger partial charge >= 0.3 is 12.1 Å². The number of hydrogen-bond donors (Lipinski definition) is 1. The first kappa shape index (κ1) is 20.7. The minimum Gasteiger partial charge on any atom is -0.481 e. The molecule has 0 radical (unpaired) electrons. The fraction of sp³-hybridized carbons (Fsp3) is 0.381. The number of carbonyl (C=O) groups is 1. The van der Waals surface area contributed by atoms with Gasteiger partial charge in [0.15, 0.2) is 0 Å². The Bertz CT molecular complexity index is 806. The summed E-state index contributed by atoms with van der Waals surface area (Å²) < 4.78 is 38.8. The van der Waals surface area contributed by atoms with Crippen LogP contribution in [0.2, 0.25) is 0 Å². The van der Waals surface area contributed by atoms with Gasteiger partial charge in [-0.15, -0.1) is 11.8 Å². The largest absolute Gasteiger partial charge is 0.481 e. The van der Waals surface area contributed by atoms with Crippen LogP contribution in [0.3, 0.4) is 0 Å². The van der Waals surface area contributed by atoms with E-state index in [0.29, 0.717) is 19.5 Å². The van der Waals surface area contributed by atoms with E-state index in [-0.39, 0.29) is 6.04 Å². The molecule has 0 saturated carbocycles. The van der Waals surface area contributed by atoms with Crippen LogP contribution in [0.4, 0.5) is 13.2 Å². The maximum atomic E-state index is 12.9. The predicted molar refractivity (Wildman–Crippen MR) is 103 cm³/mol. The summed E-state index contributed by atoms with van der Waals surface area (Å²) >= 11 is 1.61. The Labute approximate surface area is 166 Å². The van der Waals surface area contributed by atoms with Crippen molar-refractivity contribution < 1.29 is 23.1 Å². The molecule has 28 heavy (non-hydrogen) atoms. The van der Waals surface area contributed by atoms with Gasteiger partial charge in [-0.25, -0.2) is 0 Å². The average molecular weight is 409 g/mol. The molecule has 0 spiro atoms. The summed E-state index contributed by atoms with van der Waals surface area (Å²) in [5.74, 6) is -1.29. The number of alkyl halides is 3. The van der Waals surface area contributed by atoms with Crippen LogP contribution < -0.4 is 0 Å². The molecule has 1 heterocycles. The van der Waals surface area contributed by atoms with E-state index in [0.717, 1.165) is 34.6 Å². The smallest absolute Gasteiger partial charge is 0.416 e. The zero-order valence-electron chi connectivity index (χ0n) is 15.4. The summed E-state index contributed by atoms with van der Waals surface area (Å²) in [6.07, 6.45) is -1.04. The lowest BCUT2D eigenvalue weighted by Crippen LogP contribution is -2.41. The van der Waals surface area contributed by atoms with Gasteiger partial charge in [0.05, 0.1) is 17.5 Å². The van der Waals surface area contributed by atoms with E-state index in [1.807, 2.05) is 30.5 Å². The Morgan fingerprint density at radius 3 is 2.18 bits per heavy atom. The van der Waals surface area contributed by atoms with Crippen molar-refractivity contribution >= 4 is 17.7 Å². The van der Waals surface area contributed by atoms with Gasteiger partial charge in [-0.2, -0.15) is 13.2 Å². The van der Waals surface area contributed by atoms with Crippen LogP contribution in [0.1, 0.15) is 35.6 Å². The standard InChI is InChI=1S/C21H22F3NO2S/c1-28-18-10-6-15(7-11-18)19(25-12-2-3-16(13-25)20(26)27)14-4-8-17(9-5-14)21(22,23)24/h4-11,16,19H,2-3,12-13H2,1H3,(H,26,27). The quantitative estimate of drug-likeness (QED) is 0.679. The summed E-state index contributed by atoms with van der Waals surface area (Å²) in [4.78, 5) is 14.6. The van der Waals surface area contributed by atoms with Crippen molar-refractivity contribution in [1.82, 2.24) is 4.90 Å². The van der Waals surface area contributed by atoms with Gasteiger partial charge in [0, 0.05) is 11.4 Å². The summed E-state index contributed by atoms with van der Waals surface area (Å²) in [5, 5.41) is 9.42. The van der Waals surface area contributed by atoms with Crippen molar-refractivity contribution in [2.24, 2.45) is 5.92 Å². The van der Waals surface area contributed by atoms with E-state index in [9.17, 15) is 23.1 Å². The van der Waals surface area contributed by atoms with Crippen LogP contribution in [0.25, 0.3) is 0 Å². The Morgan fingerprint density at radius 2 is 1.68 bits per heavy atom. The predicted octanol–water partition coefficient (Wildman–Crippen LogP) is 5.31. The van der Waals surface area contributed by atoms with Crippen molar-refractivity contribution in [1.29, 1.82) is 0 Å². The molecule has 2 aromatic rings. The highest BCUT2D eigenvalue weighted by atomic mass is 32.2. The molecule has 150 valence electrons. The van der Waals surface area contributed by atoms with E-state index in [1.165, 1.54) is 12.1 Å². The highest BCUT2D eigenvalue weighted by molar-refractivity contribution is 7.98. The first-order valence-electron chi connectivity index (χ1n) is 9.07. The minimum atomic E-state index is -4.38. The molecule has 2 atom stereocenters. The lowest BCUT2D eigenvalue weighted by molar-refractivity contribution is -0.144. The molecule has 1 saturated heterocycles. The Balaban J connectivity index is 1.97. The van der Waals surface area contributed by atoms with Crippen LogP contribution >= 0.6 is 11.8 Å². The Kier molecular flexibility index (Phi) is 6.35. The molecule has 1 fully saturated rings. The van der Waals surface area contributed by atoms with Gasteiger partial charge in [-0.1, -0.05) is 24.3 Å². The maximum Gasteiger partial charge on any atom is 0.416 e. The van der Waals surface area contributed by atoms with Crippen molar-refractivity contribution in [2.75, 3.05) is 19.3 Å². The molecule has 1 aliphatic heterocycles. The monoisotopic (exact) mass is 409 g/mol. The van der Waals surface area contributed by atoms with E-state index in [2.05, 4.69) is 4.90 Å². The number of carboxylic acid groups (broad SMARTS) is 1. The number of halogens is 3. The average Bonchev–Trinajstić information content (AvgIpc) is 2.69. The number of nitrogens with zero attached hydrogens (tertiary/aromatic N) is 1. The molecule has 3 nitrogen and oxygen atoms in total. The summed E-state index contributed by atoms with van der Waals surface area (Å²) in [7, 11) is 0. The fourth-order valence-corrected chi connectivity index (χ4v) is 4.11. The molecule has 2 unspecified atom stereocenters. The molecule has 0 amide bonds. The number of thioether (sulfide) groups is 1. The van der Waals surface area contributed by atoms with Crippen molar-refractivity contribution in [3.63, 3.8) is 0 Å². The third kappa shape index (κ3) is 4.70. The van der Waals surface area contributed by atoms with E-state index in [1.54, 1.807) is 11.8 Å². The van der Waals surface area contributed by atoms with Gasteiger partial charge < -0.3 is 5.11 Å². The Hall–Kier alpha value is -1.99. The normalized spacial score (nSPS) is 19.4. The second-order valence-electron chi connectivity index (χ2n) is 6.97. The second-order valence-corrected chi connectivity index (χ2v) is 7.85.